The van der Waals surface area contributed by atoms with Gasteiger partial charge in [-0.15, -0.1) is 0 Å². The molecule has 0 aliphatic carbocycles. The summed E-state index contributed by atoms with van der Waals surface area (Å²) >= 11 is 0. The predicted molar refractivity (Wildman–Crippen MR) is 65.7 cm³/mol. The highest BCUT2D eigenvalue weighted by Gasteiger charge is 2.35. The molecule has 1 N–H and O–H groups in total. The molecule has 1 aliphatic rings. The lowest BCUT2D eigenvalue weighted by atomic mass is 9.87. The summed E-state index contributed by atoms with van der Waals surface area (Å²) < 4.78 is 7.61. The second kappa shape index (κ2) is 5.19. The Bertz CT molecular complexity index is 356. The minimum absolute atomic E-state index is 0.350. The molecule has 0 saturated carbocycles. The number of rotatable bonds is 4. The van der Waals surface area contributed by atoms with Gasteiger partial charge in [0.15, 0.2) is 0 Å². The molecular weight excluding hydrogens is 216 g/mol. The summed E-state index contributed by atoms with van der Waals surface area (Å²) in [4.78, 5) is 0. The molecule has 1 aromatic heterocycles. The van der Waals surface area contributed by atoms with E-state index in [1.807, 2.05) is 24.7 Å². The topological polar surface area (TPSA) is 47.3 Å². The minimum Gasteiger partial charge on any atom is -0.390 e. The van der Waals surface area contributed by atoms with Crippen LogP contribution in [0.25, 0.3) is 0 Å². The fourth-order valence-electron chi connectivity index (χ4n) is 2.45. The Kier molecular flexibility index (Phi) is 3.84. The van der Waals surface area contributed by atoms with Crippen LogP contribution in [0.4, 0.5) is 0 Å². The van der Waals surface area contributed by atoms with Crippen LogP contribution in [0.15, 0.2) is 12.3 Å². The van der Waals surface area contributed by atoms with Gasteiger partial charge in [0.1, 0.15) is 0 Å². The Morgan fingerprint density at radius 3 is 3.00 bits per heavy atom. The van der Waals surface area contributed by atoms with Crippen LogP contribution < -0.4 is 0 Å². The summed E-state index contributed by atoms with van der Waals surface area (Å²) in [6.45, 7) is 2.80. The number of nitrogens with zero attached hydrogens (tertiary/aromatic N) is 2. The molecule has 0 bridgehead atoms. The highest BCUT2D eigenvalue weighted by molar-refractivity contribution is 5.01. The summed E-state index contributed by atoms with van der Waals surface area (Å²) in [6.07, 6.45) is 6.20. The molecule has 96 valence electrons. The van der Waals surface area contributed by atoms with Crippen molar-refractivity contribution in [2.24, 2.45) is 7.05 Å². The Morgan fingerprint density at radius 2 is 2.41 bits per heavy atom. The van der Waals surface area contributed by atoms with E-state index in [-0.39, 0.29) is 5.60 Å². The van der Waals surface area contributed by atoms with E-state index >= 15 is 0 Å². The van der Waals surface area contributed by atoms with E-state index in [2.05, 4.69) is 5.10 Å². The van der Waals surface area contributed by atoms with Crippen molar-refractivity contribution in [2.75, 3.05) is 6.61 Å². The summed E-state index contributed by atoms with van der Waals surface area (Å²) in [5, 5.41) is 14.4. The van der Waals surface area contributed by atoms with Crippen LogP contribution >= 0.6 is 0 Å². The van der Waals surface area contributed by atoms with Crippen molar-refractivity contribution in [2.45, 2.75) is 50.7 Å². The van der Waals surface area contributed by atoms with Crippen molar-refractivity contribution >= 4 is 0 Å². The monoisotopic (exact) mass is 238 g/mol. The maximum atomic E-state index is 10.3. The second-order valence-electron chi connectivity index (χ2n) is 5.12. The highest BCUT2D eigenvalue weighted by Crippen LogP contribution is 2.29. The molecule has 2 rings (SSSR count). The quantitative estimate of drug-likeness (QED) is 0.868. The summed E-state index contributed by atoms with van der Waals surface area (Å²) in [5.74, 6) is 0. The Hall–Kier alpha value is -0.870. The van der Waals surface area contributed by atoms with Gasteiger partial charge in [-0.3, -0.25) is 4.68 Å². The van der Waals surface area contributed by atoms with Crippen molar-refractivity contribution in [1.82, 2.24) is 9.78 Å². The Labute approximate surface area is 103 Å². The molecule has 4 nitrogen and oxygen atoms in total. The number of hydrogen-bond acceptors (Lipinski definition) is 3. The lowest BCUT2D eigenvalue weighted by Crippen LogP contribution is -2.44. The fourth-order valence-corrected chi connectivity index (χ4v) is 2.45. The van der Waals surface area contributed by atoms with Gasteiger partial charge in [0.05, 0.1) is 11.7 Å². The van der Waals surface area contributed by atoms with Crippen LogP contribution in [0.3, 0.4) is 0 Å². The molecule has 0 amide bonds. The molecule has 17 heavy (non-hydrogen) atoms. The van der Waals surface area contributed by atoms with Gasteiger partial charge < -0.3 is 9.84 Å². The normalized spacial score (nSPS) is 27.0. The van der Waals surface area contributed by atoms with E-state index in [1.54, 1.807) is 6.20 Å². The SMILES string of the molecule is Cn1nccc1CCC(O)C1(C)CCCCO1. The first-order chi connectivity index (χ1) is 8.12. The largest absolute Gasteiger partial charge is 0.390 e. The zero-order chi connectivity index (χ0) is 12.3. The second-order valence-corrected chi connectivity index (χ2v) is 5.12. The Morgan fingerprint density at radius 1 is 1.59 bits per heavy atom. The molecule has 2 atom stereocenters. The molecule has 2 unspecified atom stereocenters. The van der Waals surface area contributed by atoms with E-state index < -0.39 is 6.10 Å². The van der Waals surface area contributed by atoms with Gasteiger partial charge in [0.2, 0.25) is 0 Å². The summed E-state index contributed by atoms with van der Waals surface area (Å²) in [5.41, 5.74) is 0.806. The van der Waals surface area contributed by atoms with Gasteiger partial charge in [-0.2, -0.15) is 5.10 Å². The van der Waals surface area contributed by atoms with E-state index in [4.69, 9.17) is 4.74 Å². The molecule has 1 aliphatic heterocycles. The molecular formula is C13H22N2O2. The van der Waals surface area contributed by atoms with Gasteiger partial charge in [0.25, 0.3) is 0 Å². The maximum absolute atomic E-state index is 10.3. The fraction of sp³-hybridized carbons (Fsp3) is 0.769. The molecule has 0 spiro atoms. The lowest BCUT2D eigenvalue weighted by molar-refractivity contribution is -0.137. The first kappa shape index (κ1) is 12.6. The van der Waals surface area contributed by atoms with Crippen molar-refractivity contribution in [3.8, 4) is 0 Å². The van der Waals surface area contributed by atoms with E-state index in [1.165, 1.54) is 0 Å². The zero-order valence-electron chi connectivity index (χ0n) is 10.7. The van der Waals surface area contributed by atoms with Gasteiger partial charge in [-0.05, 0) is 45.1 Å². The van der Waals surface area contributed by atoms with Crippen molar-refractivity contribution in [3.05, 3.63) is 18.0 Å². The zero-order valence-corrected chi connectivity index (χ0v) is 10.7. The van der Waals surface area contributed by atoms with Crippen molar-refractivity contribution < 1.29 is 9.84 Å². The van der Waals surface area contributed by atoms with Gasteiger partial charge in [-0.25, -0.2) is 0 Å². The molecule has 1 saturated heterocycles. The number of aromatic nitrogens is 2. The first-order valence-corrected chi connectivity index (χ1v) is 6.41. The number of aliphatic hydroxyl groups is 1. The molecule has 1 fully saturated rings. The molecule has 0 aromatic carbocycles. The van der Waals surface area contributed by atoms with E-state index in [0.717, 1.165) is 44.4 Å². The van der Waals surface area contributed by atoms with Crippen LogP contribution in [0.1, 0.15) is 38.3 Å². The molecule has 0 radical (unpaired) electrons. The average Bonchev–Trinajstić information content (AvgIpc) is 2.73. The van der Waals surface area contributed by atoms with Crippen LogP contribution in [0.2, 0.25) is 0 Å². The third-order valence-electron chi connectivity index (χ3n) is 3.80. The van der Waals surface area contributed by atoms with Crippen LogP contribution in [-0.2, 0) is 18.2 Å². The van der Waals surface area contributed by atoms with Crippen molar-refractivity contribution in [1.29, 1.82) is 0 Å². The number of aryl methyl sites for hydroxylation is 2. The molecule has 2 heterocycles. The number of ether oxygens (including phenoxy) is 1. The maximum Gasteiger partial charge on any atom is 0.0912 e. The van der Waals surface area contributed by atoms with Gasteiger partial charge in [0, 0.05) is 25.5 Å². The first-order valence-electron chi connectivity index (χ1n) is 6.41. The Balaban J connectivity index is 1.88. The number of aliphatic hydroxyl groups excluding tert-OH is 1. The van der Waals surface area contributed by atoms with E-state index in [9.17, 15) is 5.11 Å². The average molecular weight is 238 g/mol. The van der Waals surface area contributed by atoms with Crippen molar-refractivity contribution in [3.63, 3.8) is 0 Å². The molecule has 1 aromatic rings. The standard InChI is InChI=1S/C13H22N2O2/c1-13(8-3-4-10-17-13)12(16)6-5-11-7-9-14-15(11)2/h7,9,12,16H,3-6,8,10H2,1-2H3. The smallest absolute Gasteiger partial charge is 0.0912 e. The van der Waals surface area contributed by atoms with Gasteiger partial charge in [-0.1, -0.05) is 0 Å². The van der Waals surface area contributed by atoms with Crippen LogP contribution in [0, 0.1) is 0 Å². The van der Waals surface area contributed by atoms with Gasteiger partial charge >= 0.3 is 0 Å². The van der Waals surface area contributed by atoms with Crippen LogP contribution in [-0.4, -0.2) is 33.2 Å². The number of hydrogen-bond donors (Lipinski definition) is 1. The summed E-state index contributed by atoms with van der Waals surface area (Å²) in [6, 6.07) is 2.00. The van der Waals surface area contributed by atoms with E-state index in [0.29, 0.717) is 0 Å². The molecule has 4 heteroatoms. The lowest BCUT2D eigenvalue weighted by Gasteiger charge is -2.38. The summed E-state index contributed by atoms with van der Waals surface area (Å²) in [7, 11) is 1.93. The minimum atomic E-state index is -0.391. The third-order valence-corrected chi connectivity index (χ3v) is 3.80. The predicted octanol–water partition coefficient (Wildman–Crippen LogP) is 1.67. The highest BCUT2D eigenvalue weighted by atomic mass is 16.5. The third kappa shape index (κ3) is 2.87. The van der Waals surface area contributed by atoms with Crippen LogP contribution in [0.5, 0.6) is 0 Å².